The van der Waals surface area contributed by atoms with Gasteiger partial charge < -0.3 is 24.8 Å². The van der Waals surface area contributed by atoms with Crippen molar-refractivity contribution in [3.05, 3.63) is 102 Å². The summed E-state index contributed by atoms with van der Waals surface area (Å²) in [7, 11) is 0. The number of nitrogens with zero attached hydrogens (tertiary/aromatic N) is 2. The van der Waals surface area contributed by atoms with Gasteiger partial charge in [0.25, 0.3) is 0 Å². The molecule has 1 fully saturated rings. The maximum absolute atomic E-state index is 11.3. The molecule has 1 aliphatic rings. The molecule has 1 aliphatic heterocycles. The summed E-state index contributed by atoms with van der Waals surface area (Å²) in [6, 6.07) is 20.7. The number of hydrogen-bond acceptors (Lipinski definition) is 5. The number of aryl methyl sites for hydroxylation is 1. The molecule has 1 saturated heterocycles. The quantitative estimate of drug-likeness (QED) is 0.340. The van der Waals surface area contributed by atoms with Crippen LogP contribution in [0.2, 0.25) is 0 Å². The number of benzene rings is 2. The number of nitrogens with one attached hydrogen (secondary N) is 1. The van der Waals surface area contributed by atoms with Crippen molar-refractivity contribution >= 4 is 29.0 Å². The Morgan fingerprint density at radius 3 is 2.56 bits per heavy atom. The Balaban J connectivity index is 1.58. The number of phenols is 1. The molecule has 2 aromatic carbocycles. The van der Waals surface area contributed by atoms with Gasteiger partial charge in [-0.3, -0.25) is 4.98 Å². The third-order valence-corrected chi connectivity index (χ3v) is 6.20. The molecule has 0 radical (unpaired) electrons. The van der Waals surface area contributed by atoms with Gasteiger partial charge in [-0.2, -0.15) is 0 Å². The number of pyridine rings is 1. The Morgan fingerprint density at radius 1 is 1.09 bits per heavy atom. The third-order valence-electron chi connectivity index (χ3n) is 5.88. The molecule has 0 aliphatic carbocycles. The minimum atomic E-state index is -0.969. The van der Waals surface area contributed by atoms with Crippen LogP contribution in [0.5, 0.6) is 5.75 Å². The lowest BCUT2D eigenvalue weighted by atomic mass is 10.0. The number of furan rings is 1. The van der Waals surface area contributed by atoms with Crippen LogP contribution in [0.4, 0.5) is 5.69 Å². The number of phenolic OH excluding ortho intramolecular Hbond substituents is 1. The van der Waals surface area contributed by atoms with E-state index in [4.69, 9.17) is 16.6 Å². The van der Waals surface area contributed by atoms with Gasteiger partial charge in [0.15, 0.2) is 5.11 Å². The van der Waals surface area contributed by atoms with E-state index in [1.165, 1.54) is 0 Å². The number of carboxylic acid groups (broad SMARTS) is 1. The van der Waals surface area contributed by atoms with E-state index in [0.29, 0.717) is 16.6 Å². The molecule has 3 N–H and O–H groups in total. The molecule has 0 bridgehead atoms. The Morgan fingerprint density at radius 2 is 1.88 bits per heavy atom. The van der Waals surface area contributed by atoms with Crippen molar-refractivity contribution < 1.29 is 19.4 Å². The van der Waals surface area contributed by atoms with Gasteiger partial charge >= 0.3 is 5.97 Å². The number of thiocarbonyl (C=S) groups is 1. The fourth-order valence-electron chi connectivity index (χ4n) is 4.26. The van der Waals surface area contributed by atoms with Crippen molar-refractivity contribution in [1.29, 1.82) is 0 Å². The van der Waals surface area contributed by atoms with Gasteiger partial charge in [-0.15, -0.1) is 0 Å². The largest absolute Gasteiger partial charge is 0.508 e. The van der Waals surface area contributed by atoms with Gasteiger partial charge in [0.2, 0.25) is 0 Å². The van der Waals surface area contributed by atoms with Crippen LogP contribution in [0, 0.1) is 6.92 Å². The van der Waals surface area contributed by atoms with E-state index in [2.05, 4.69) is 10.3 Å². The fourth-order valence-corrected chi connectivity index (χ4v) is 4.61. The van der Waals surface area contributed by atoms with E-state index < -0.39 is 5.97 Å². The summed E-state index contributed by atoms with van der Waals surface area (Å²) in [5.41, 5.74) is 3.47. The number of aromatic nitrogens is 1. The first-order valence-electron chi connectivity index (χ1n) is 10.7. The molecule has 0 unspecified atom stereocenters. The minimum Gasteiger partial charge on any atom is -0.508 e. The van der Waals surface area contributed by atoms with Crippen molar-refractivity contribution in [2.45, 2.75) is 19.0 Å². The average molecular weight is 472 g/mol. The van der Waals surface area contributed by atoms with Crippen LogP contribution in [0.1, 0.15) is 39.5 Å². The molecular formula is C26H21N3O4S. The second-order valence-corrected chi connectivity index (χ2v) is 8.44. The van der Waals surface area contributed by atoms with E-state index in [9.17, 15) is 15.0 Å². The second-order valence-electron chi connectivity index (χ2n) is 8.05. The van der Waals surface area contributed by atoms with Gasteiger partial charge in [-0.25, -0.2) is 4.79 Å². The summed E-state index contributed by atoms with van der Waals surface area (Å²) >= 11 is 5.70. The first-order valence-corrected chi connectivity index (χ1v) is 11.1. The number of anilines is 1. The highest BCUT2D eigenvalue weighted by Gasteiger charge is 2.42. The Kier molecular flexibility index (Phi) is 5.51. The van der Waals surface area contributed by atoms with Crippen LogP contribution in [0.3, 0.4) is 0 Å². The monoisotopic (exact) mass is 471 g/mol. The number of carboxylic acids is 1. The Labute approximate surface area is 201 Å². The lowest BCUT2D eigenvalue weighted by Crippen LogP contribution is -2.29. The van der Waals surface area contributed by atoms with Crippen molar-refractivity contribution in [1.82, 2.24) is 10.3 Å². The number of aromatic carboxylic acids is 1. The molecule has 5 rings (SSSR count). The molecule has 170 valence electrons. The highest BCUT2D eigenvalue weighted by molar-refractivity contribution is 7.80. The van der Waals surface area contributed by atoms with Crippen molar-refractivity contribution in [2.75, 3.05) is 4.90 Å². The van der Waals surface area contributed by atoms with Crippen LogP contribution in [-0.4, -0.2) is 26.3 Å². The zero-order valence-electron chi connectivity index (χ0n) is 18.2. The first kappa shape index (κ1) is 21.7. The summed E-state index contributed by atoms with van der Waals surface area (Å²) in [5, 5.41) is 22.9. The van der Waals surface area contributed by atoms with E-state index in [1.807, 2.05) is 42.2 Å². The summed E-state index contributed by atoms with van der Waals surface area (Å²) < 4.78 is 6.34. The van der Waals surface area contributed by atoms with Crippen molar-refractivity contribution in [3.8, 4) is 17.1 Å². The standard InChI is InChI=1S/C26H21N3O4S/c1-15-14-16(25(31)32)5-10-19(15)21-11-12-22(33-21)24-23(20-4-2-3-13-27-20)28-26(34)29(24)17-6-8-18(30)9-7-17/h2-14,23-24,30H,1H3,(H,28,34)(H,31,32)/t23-,24+/m1/s1. The molecule has 0 saturated carbocycles. The van der Waals surface area contributed by atoms with Crippen LogP contribution >= 0.6 is 12.2 Å². The number of carbonyl (C=O) groups is 1. The molecule has 0 amide bonds. The molecule has 2 aromatic heterocycles. The van der Waals surface area contributed by atoms with Gasteiger partial charge in [-0.1, -0.05) is 12.1 Å². The normalized spacial score (nSPS) is 17.6. The van der Waals surface area contributed by atoms with Gasteiger partial charge in [0, 0.05) is 17.4 Å². The molecule has 3 heterocycles. The van der Waals surface area contributed by atoms with Crippen LogP contribution in [-0.2, 0) is 0 Å². The summed E-state index contributed by atoms with van der Waals surface area (Å²) in [6.45, 7) is 1.86. The summed E-state index contributed by atoms with van der Waals surface area (Å²) in [5.74, 6) is 0.503. The highest BCUT2D eigenvalue weighted by Crippen LogP contribution is 2.43. The Bertz CT molecular complexity index is 1370. The number of aromatic hydroxyl groups is 1. The maximum atomic E-state index is 11.3. The molecule has 7 nitrogen and oxygen atoms in total. The zero-order chi connectivity index (χ0) is 23.8. The smallest absolute Gasteiger partial charge is 0.335 e. The maximum Gasteiger partial charge on any atom is 0.335 e. The van der Waals surface area contributed by atoms with Crippen molar-refractivity contribution in [3.63, 3.8) is 0 Å². The average Bonchev–Trinajstić information content (AvgIpc) is 3.44. The second kappa shape index (κ2) is 8.64. The SMILES string of the molecule is Cc1cc(C(=O)O)ccc1-c1ccc([C@H]2[C@@H](c3ccccn3)NC(=S)N2c2ccc(O)cc2)o1. The van der Waals surface area contributed by atoms with Crippen LogP contribution < -0.4 is 10.2 Å². The summed E-state index contributed by atoms with van der Waals surface area (Å²) in [4.78, 5) is 17.8. The molecule has 8 heteroatoms. The topological polar surface area (TPSA) is 98.8 Å². The fraction of sp³-hybridized carbons (Fsp3) is 0.115. The minimum absolute atomic E-state index is 0.167. The Hall–Kier alpha value is -4.17. The molecule has 2 atom stereocenters. The van der Waals surface area contributed by atoms with E-state index in [1.54, 1.807) is 48.7 Å². The highest BCUT2D eigenvalue weighted by atomic mass is 32.1. The van der Waals surface area contributed by atoms with E-state index in [-0.39, 0.29) is 23.4 Å². The van der Waals surface area contributed by atoms with Crippen LogP contribution in [0.15, 0.2) is 83.4 Å². The summed E-state index contributed by atoms with van der Waals surface area (Å²) in [6.07, 6.45) is 1.74. The van der Waals surface area contributed by atoms with Crippen LogP contribution in [0.25, 0.3) is 11.3 Å². The van der Waals surface area contributed by atoms with E-state index in [0.717, 1.165) is 22.5 Å². The molecular weight excluding hydrogens is 450 g/mol. The first-order chi connectivity index (χ1) is 16.4. The third kappa shape index (κ3) is 3.88. The van der Waals surface area contributed by atoms with Gasteiger partial charge in [-0.05, 0) is 85.4 Å². The predicted octanol–water partition coefficient (Wildman–Crippen LogP) is 5.23. The van der Waals surface area contributed by atoms with Gasteiger partial charge in [0.1, 0.15) is 23.3 Å². The van der Waals surface area contributed by atoms with Crippen molar-refractivity contribution in [2.24, 2.45) is 0 Å². The molecule has 0 spiro atoms. The van der Waals surface area contributed by atoms with Gasteiger partial charge in [0.05, 0.1) is 17.3 Å². The molecule has 4 aromatic rings. The predicted molar refractivity (Wildman–Crippen MR) is 132 cm³/mol. The molecule has 34 heavy (non-hydrogen) atoms. The lowest BCUT2D eigenvalue weighted by molar-refractivity contribution is 0.0696. The zero-order valence-corrected chi connectivity index (χ0v) is 19.0. The number of rotatable bonds is 5. The lowest BCUT2D eigenvalue weighted by Gasteiger charge is -2.26. The number of hydrogen-bond donors (Lipinski definition) is 3. The van der Waals surface area contributed by atoms with E-state index >= 15 is 0 Å².